The van der Waals surface area contributed by atoms with Crippen LogP contribution in [0.4, 0.5) is 5.69 Å². The highest BCUT2D eigenvalue weighted by molar-refractivity contribution is 7.81. The molecule has 1 N–H and O–H groups in total. The molecule has 0 saturated carbocycles. The second-order valence-electron chi connectivity index (χ2n) is 8.01. The van der Waals surface area contributed by atoms with Crippen LogP contribution in [0.5, 0.6) is 11.5 Å². The lowest BCUT2D eigenvalue weighted by atomic mass is 9.97. The van der Waals surface area contributed by atoms with E-state index in [1.165, 1.54) is 5.56 Å². The molecule has 6 heteroatoms. The first-order chi connectivity index (χ1) is 16.5. The molecule has 1 aliphatic rings. The summed E-state index contributed by atoms with van der Waals surface area (Å²) in [6.45, 7) is 14.5. The number of benzene rings is 2. The van der Waals surface area contributed by atoms with E-state index < -0.39 is 0 Å². The van der Waals surface area contributed by atoms with Crippen molar-refractivity contribution in [3.8, 4) is 23.8 Å². The van der Waals surface area contributed by atoms with Crippen LogP contribution in [0.3, 0.4) is 0 Å². The van der Waals surface area contributed by atoms with Gasteiger partial charge >= 0.3 is 0 Å². The van der Waals surface area contributed by atoms with Gasteiger partial charge in [-0.25, -0.2) is 0 Å². The molecule has 1 saturated heterocycles. The van der Waals surface area contributed by atoms with Gasteiger partial charge in [0.05, 0.1) is 18.8 Å². The molecule has 34 heavy (non-hydrogen) atoms. The van der Waals surface area contributed by atoms with Crippen LogP contribution in [0.1, 0.15) is 29.5 Å². The smallest absolute Gasteiger partial charge is 0.133 e. The quantitative estimate of drug-likeness (QED) is 0.274. The highest BCUT2D eigenvalue weighted by atomic mass is 32.1. The summed E-state index contributed by atoms with van der Waals surface area (Å²) in [6.07, 6.45) is 9.10. The van der Waals surface area contributed by atoms with E-state index in [0.717, 1.165) is 49.7 Å². The largest absolute Gasteiger partial charge is 0.489 e. The summed E-state index contributed by atoms with van der Waals surface area (Å²) in [7, 11) is 0. The third-order valence-corrected chi connectivity index (χ3v) is 5.83. The van der Waals surface area contributed by atoms with Crippen molar-refractivity contribution < 1.29 is 14.2 Å². The van der Waals surface area contributed by atoms with Crippen molar-refractivity contribution in [3.05, 3.63) is 78.4 Å². The Hall–Kier alpha value is -3.11. The van der Waals surface area contributed by atoms with Gasteiger partial charge in [-0.15, -0.1) is 6.42 Å². The van der Waals surface area contributed by atoms with Gasteiger partial charge in [-0.3, -0.25) is 4.90 Å². The Morgan fingerprint density at radius 3 is 2.41 bits per heavy atom. The minimum atomic E-state index is -0.158. The predicted octanol–water partition coefficient (Wildman–Crippen LogP) is 5.17. The van der Waals surface area contributed by atoms with Crippen molar-refractivity contribution in [3.63, 3.8) is 0 Å². The number of hydrogen-bond acceptors (Lipinski definition) is 5. The highest BCUT2D eigenvalue weighted by Gasteiger charge is 2.19. The molecule has 0 aromatic heterocycles. The number of nitrogens with zero attached hydrogens (tertiary/aromatic N) is 1. The number of rotatable bonds is 11. The second-order valence-corrected chi connectivity index (χ2v) is 8.42. The summed E-state index contributed by atoms with van der Waals surface area (Å²) < 4.78 is 17.2. The molecule has 178 valence electrons. The Kier molecular flexibility index (Phi) is 9.72. The summed E-state index contributed by atoms with van der Waals surface area (Å²) in [6, 6.07) is 12.1. The van der Waals surface area contributed by atoms with Gasteiger partial charge in [0.1, 0.15) is 29.7 Å². The van der Waals surface area contributed by atoms with E-state index in [2.05, 4.69) is 41.4 Å². The van der Waals surface area contributed by atoms with Crippen molar-refractivity contribution >= 4 is 22.9 Å². The van der Waals surface area contributed by atoms with Crippen molar-refractivity contribution in [2.75, 3.05) is 44.8 Å². The van der Waals surface area contributed by atoms with E-state index in [4.69, 9.17) is 32.9 Å². The van der Waals surface area contributed by atoms with Gasteiger partial charge in [-0.05, 0) is 30.7 Å². The van der Waals surface area contributed by atoms with E-state index in [-0.39, 0.29) is 5.92 Å². The van der Waals surface area contributed by atoms with E-state index in [1.807, 2.05) is 31.2 Å². The fourth-order valence-corrected chi connectivity index (χ4v) is 3.91. The Balaban J connectivity index is 1.81. The van der Waals surface area contributed by atoms with Crippen LogP contribution in [0.25, 0.3) is 0 Å². The minimum absolute atomic E-state index is 0.158. The van der Waals surface area contributed by atoms with Gasteiger partial charge in [0.25, 0.3) is 0 Å². The van der Waals surface area contributed by atoms with Gasteiger partial charge in [-0.2, -0.15) is 0 Å². The van der Waals surface area contributed by atoms with Crippen LogP contribution in [0.2, 0.25) is 0 Å². The lowest BCUT2D eigenvalue weighted by Gasteiger charge is -2.26. The molecule has 2 aromatic carbocycles. The van der Waals surface area contributed by atoms with Crippen LogP contribution < -0.4 is 14.8 Å². The topological polar surface area (TPSA) is 43.0 Å². The van der Waals surface area contributed by atoms with Gasteiger partial charge in [0.15, 0.2) is 0 Å². The maximum atomic E-state index is 5.92. The first-order valence-corrected chi connectivity index (χ1v) is 11.8. The summed E-state index contributed by atoms with van der Waals surface area (Å²) in [5, 5.41) is 3.34. The zero-order valence-corrected chi connectivity index (χ0v) is 20.5. The van der Waals surface area contributed by atoms with Gasteiger partial charge in [-0.1, -0.05) is 55.6 Å². The summed E-state index contributed by atoms with van der Waals surface area (Å²) >= 11 is 5.77. The molecule has 2 aromatic rings. The first-order valence-electron chi connectivity index (χ1n) is 11.4. The van der Waals surface area contributed by atoms with Crippen LogP contribution in [0, 0.1) is 12.3 Å². The molecule has 5 nitrogen and oxygen atoms in total. The SMILES string of the molecule is C#CC(C)c1cc(C(=S)Nc2ccc(CN3CCOCC3)cc2)c(OCC=C)cc1OCC=C. The highest BCUT2D eigenvalue weighted by Crippen LogP contribution is 2.35. The van der Waals surface area contributed by atoms with Crippen molar-refractivity contribution in [1.82, 2.24) is 4.90 Å². The molecule has 0 aliphatic carbocycles. The molecule has 1 heterocycles. The number of nitrogens with one attached hydrogen (secondary N) is 1. The third kappa shape index (κ3) is 6.94. The molecule has 1 aliphatic heterocycles. The zero-order valence-electron chi connectivity index (χ0n) is 19.7. The van der Waals surface area contributed by atoms with Gasteiger partial charge < -0.3 is 19.5 Å². The molecule has 0 radical (unpaired) electrons. The second kappa shape index (κ2) is 13.0. The first kappa shape index (κ1) is 25.5. The Morgan fingerprint density at radius 2 is 1.79 bits per heavy atom. The summed E-state index contributed by atoms with van der Waals surface area (Å²) in [4.78, 5) is 2.94. The molecule has 0 bridgehead atoms. The van der Waals surface area contributed by atoms with Crippen molar-refractivity contribution in [1.29, 1.82) is 0 Å². The van der Waals surface area contributed by atoms with Crippen LogP contribution in [-0.4, -0.2) is 49.4 Å². The van der Waals surface area contributed by atoms with Crippen molar-refractivity contribution in [2.24, 2.45) is 0 Å². The van der Waals surface area contributed by atoms with E-state index in [0.29, 0.717) is 29.7 Å². The number of terminal acetylenes is 1. The van der Waals surface area contributed by atoms with Crippen molar-refractivity contribution in [2.45, 2.75) is 19.4 Å². The monoisotopic (exact) mass is 476 g/mol. The minimum Gasteiger partial charge on any atom is -0.489 e. The number of anilines is 1. The molecular formula is C28H32N2O3S. The molecule has 0 spiro atoms. The molecular weight excluding hydrogens is 444 g/mol. The Morgan fingerprint density at radius 1 is 1.15 bits per heavy atom. The molecule has 1 unspecified atom stereocenters. The van der Waals surface area contributed by atoms with Crippen LogP contribution in [0.15, 0.2) is 61.7 Å². The summed E-state index contributed by atoms with van der Waals surface area (Å²) in [5.41, 5.74) is 3.78. The molecule has 0 amide bonds. The Labute approximate surface area is 208 Å². The van der Waals surface area contributed by atoms with E-state index in [9.17, 15) is 0 Å². The average Bonchev–Trinajstić information content (AvgIpc) is 2.87. The number of hydrogen-bond donors (Lipinski definition) is 1. The lowest BCUT2D eigenvalue weighted by molar-refractivity contribution is 0.0342. The molecule has 1 atom stereocenters. The molecule has 3 rings (SSSR count). The normalized spacial score (nSPS) is 14.5. The fraction of sp³-hybridized carbons (Fsp3) is 0.321. The fourth-order valence-electron chi connectivity index (χ4n) is 3.63. The number of thiocarbonyl (C=S) groups is 1. The maximum Gasteiger partial charge on any atom is 0.133 e. The van der Waals surface area contributed by atoms with Gasteiger partial charge in [0, 0.05) is 42.9 Å². The van der Waals surface area contributed by atoms with E-state index in [1.54, 1.807) is 12.2 Å². The number of morpholine rings is 1. The standard InChI is InChI=1S/C28H32N2O3S/c1-5-14-32-26-19-27(33-15-6-2)25(18-24(26)21(4)7-3)28(34)29-23-10-8-22(9-11-23)20-30-12-16-31-17-13-30/h3,5-6,8-11,18-19,21H,1-2,12-17,20H2,4H3,(H,29,34). The number of ether oxygens (including phenoxy) is 3. The average molecular weight is 477 g/mol. The lowest BCUT2D eigenvalue weighted by Crippen LogP contribution is -2.35. The van der Waals surface area contributed by atoms with Crippen LogP contribution in [-0.2, 0) is 11.3 Å². The van der Waals surface area contributed by atoms with Gasteiger partial charge in [0.2, 0.25) is 0 Å². The Bertz CT molecular complexity index is 1040. The predicted molar refractivity (Wildman–Crippen MR) is 143 cm³/mol. The third-order valence-electron chi connectivity index (χ3n) is 5.51. The summed E-state index contributed by atoms with van der Waals surface area (Å²) in [5.74, 6) is 3.88. The van der Waals surface area contributed by atoms with Crippen LogP contribution >= 0.6 is 12.2 Å². The molecule has 1 fully saturated rings. The van der Waals surface area contributed by atoms with E-state index >= 15 is 0 Å². The maximum absolute atomic E-state index is 5.92. The zero-order chi connectivity index (χ0) is 24.3.